The van der Waals surface area contributed by atoms with Crippen LogP contribution in [0.4, 0.5) is 0 Å². The number of thiazole rings is 1. The molecule has 116 valence electrons. The molecule has 5 nitrogen and oxygen atoms in total. The molecule has 0 unspecified atom stereocenters. The Labute approximate surface area is 137 Å². The maximum Gasteiger partial charge on any atom is 0.298 e. The Kier molecular flexibility index (Phi) is 3.27. The smallest absolute Gasteiger partial charge is 0.298 e. The molecule has 0 radical (unpaired) electrons. The molecule has 3 aromatic heterocycles. The minimum Gasteiger partial charge on any atom is -0.466 e. The van der Waals surface area contributed by atoms with E-state index < -0.39 is 0 Å². The number of fused-ring (bicyclic) bond motifs is 3. The predicted octanol–water partition coefficient (Wildman–Crippen LogP) is 2.89. The molecule has 0 saturated carbocycles. The third-order valence-electron chi connectivity index (χ3n) is 3.95. The van der Waals surface area contributed by atoms with Gasteiger partial charge in [0.15, 0.2) is 4.80 Å². The molecule has 0 saturated heterocycles. The van der Waals surface area contributed by atoms with E-state index in [1.165, 1.54) is 4.88 Å². The normalized spacial score (nSPS) is 13.7. The maximum absolute atomic E-state index is 12.3. The molecule has 1 aliphatic rings. The van der Waals surface area contributed by atoms with Crippen LogP contribution in [-0.2, 0) is 19.9 Å². The van der Waals surface area contributed by atoms with Gasteiger partial charge in [-0.1, -0.05) is 6.07 Å². The van der Waals surface area contributed by atoms with E-state index >= 15 is 0 Å². The third-order valence-corrected chi connectivity index (χ3v) is 5.14. The van der Waals surface area contributed by atoms with Crippen LogP contribution >= 0.6 is 11.3 Å². The molecular weight excluding hydrogens is 310 g/mol. The Morgan fingerprint density at radius 3 is 3.04 bits per heavy atom. The summed E-state index contributed by atoms with van der Waals surface area (Å²) in [7, 11) is 1.94. The highest BCUT2D eigenvalue weighted by atomic mass is 32.1. The second kappa shape index (κ2) is 5.31. The molecule has 23 heavy (non-hydrogen) atoms. The van der Waals surface area contributed by atoms with E-state index in [1.807, 2.05) is 18.5 Å². The van der Waals surface area contributed by atoms with E-state index in [9.17, 15) is 4.79 Å². The summed E-state index contributed by atoms with van der Waals surface area (Å²) < 4.78 is 7.74. The lowest BCUT2D eigenvalue weighted by Crippen LogP contribution is -2.15. The Bertz CT molecular complexity index is 964. The first-order valence-electron chi connectivity index (χ1n) is 7.42. The fourth-order valence-electron chi connectivity index (χ4n) is 2.92. The highest BCUT2D eigenvalue weighted by Crippen LogP contribution is 2.36. The van der Waals surface area contributed by atoms with Crippen molar-refractivity contribution >= 4 is 17.2 Å². The van der Waals surface area contributed by atoms with Crippen molar-refractivity contribution in [3.63, 3.8) is 0 Å². The lowest BCUT2D eigenvalue weighted by Gasteiger charge is -2.11. The Balaban J connectivity index is 1.83. The molecule has 1 amide bonds. The Morgan fingerprint density at radius 1 is 1.39 bits per heavy atom. The van der Waals surface area contributed by atoms with Crippen molar-refractivity contribution in [3.8, 4) is 11.3 Å². The van der Waals surface area contributed by atoms with Crippen molar-refractivity contribution in [2.24, 2.45) is 12.0 Å². The van der Waals surface area contributed by atoms with Gasteiger partial charge in [0.25, 0.3) is 5.91 Å². The quantitative estimate of drug-likeness (QED) is 0.691. The summed E-state index contributed by atoms with van der Waals surface area (Å²) >= 11 is 1.56. The highest BCUT2D eigenvalue weighted by Gasteiger charge is 2.24. The average molecular weight is 325 g/mol. The number of carbonyl (C=O) groups is 1. The first-order valence-corrected chi connectivity index (χ1v) is 8.23. The van der Waals surface area contributed by atoms with Crippen LogP contribution in [-0.4, -0.2) is 15.5 Å². The molecule has 0 atom stereocenters. The molecular formula is C17H15N3O2S. The molecule has 3 aromatic rings. The average Bonchev–Trinajstić information content (AvgIpc) is 3.08. The zero-order valence-electron chi connectivity index (χ0n) is 12.9. The number of aryl methyl sites for hydroxylation is 3. The van der Waals surface area contributed by atoms with Gasteiger partial charge in [-0.05, 0) is 31.5 Å². The number of hydrogen-bond acceptors (Lipinski definition) is 4. The number of amides is 1. The maximum atomic E-state index is 12.3. The van der Waals surface area contributed by atoms with Crippen LogP contribution in [0, 0.1) is 6.92 Å². The molecule has 0 spiro atoms. The van der Waals surface area contributed by atoms with E-state index in [4.69, 9.17) is 4.42 Å². The molecule has 0 fully saturated rings. The highest BCUT2D eigenvalue weighted by molar-refractivity contribution is 7.09. The van der Waals surface area contributed by atoms with Gasteiger partial charge in [0.2, 0.25) is 0 Å². The van der Waals surface area contributed by atoms with E-state index in [1.54, 1.807) is 35.7 Å². The monoisotopic (exact) mass is 325 g/mol. The van der Waals surface area contributed by atoms with E-state index in [-0.39, 0.29) is 5.91 Å². The summed E-state index contributed by atoms with van der Waals surface area (Å²) in [6.07, 6.45) is 3.41. The summed E-state index contributed by atoms with van der Waals surface area (Å²) in [6.45, 7) is 1.96. The van der Waals surface area contributed by atoms with Crippen molar-refractivity contribution in [2.75, 3.05) is 0 Å². The summed E-state index contributed by atoms with van der Waals surface area (Å²) in [5.41, 5.74) is 2.59. The largest absolute Gasteiger partial charge is 0.466 e. The number of nitrogens with zero attached hydrogens (tertiary/aromatic N) is 3. The molecule has 0 bridgehead atoms. The van der Waals surface area contributed by atoms with Crippen molar-refractivity contribution in [2.45, 2.75) is 19.8 Å². The van der Waals surface area contributed by atoms with Gasteiger partial charge in [-0.3, -0.25) is 9.78 Å². The van der Waals surface area contributed by atoms with Gasteiger partial charge in [0.05, 0.1) is 5.69 Å². The predicted molar refractivity (Wildman–Crippen MR) is 87.3 cm³/mol. The van der Waals surface area contributed by atoms with Crippen molar-refractivity contribution < 1.29 is 9.21 Å². The van der Waals surface area contributed by atoms with Crippen LogP contribution in [0.15, 0.2) is 39.9 Å². The minimum absolute atomic E-state index is 0.316. The first-order chi connectivity index (χ1) is 11.1. The van der Waals surface area contributed by atoms with Crippen LogP contribution in [0.2, 0.25) is 0 Å². The molecule has 3 heterocycles. The Hall–Kier alpha value is -2.47. The second-order valence-corrected chi connectivity index (χ2v) is 6.60. The van der Waals surface area contributed by atoms with E-state index in [0.29, 0.717) is 10.5 Å². The zero-order valence-corrected chi connectivity index (χ0v) is 13.7. The summed E-state index contributed by atoms with van der Waals surface area (Å²) in [4.78, 5) is 22.5. The number of rotatable bonds is 1. The Morgan fingerprint density at radius 2 is 2.26 bits per heavy atom. The van der Waals surface area contributed by atoms with Gasteiger partial charge >= 0.3 is 0 Å². The topological polar surface area (TPSA) is 60.4 Å². The first kappa shape index (κ1) is 14.1. The zero-order chi connectivity index (χ0) is 16.0. The number of pyridine rings is 1. The van der Waals surface area contributed by atoms with Crippen molar-refractivity contribution in [1.82, 2.24) is 9.55 Å². The van der Waals surface area contributed by atoms with Gasteiger partial charge in [0.1, 0.15) is 17.2 Å². The van der Waals surface area contributed by atoms with Crippen LogP contribution in [0.1, 0.15) is 26.9 Å². The van der Waals surface area contributed by atoms with Crippen LogP contribution < -0.4 is 4.80 Å². The van der Waals surface area contributed by atoms with Gasteiger partial charge in [-0.15, -0.1) is 11.3 Å². The van der Waals surface area contributed by atoms with Gasteiger partial charge in [-0.2, -0.15) is 4.99 Å². The fraction of sp³-hybridized carbons (Fsp3) is 0.235. The summed E-state index contributed by atoms with van der Waals surface area (Å²) in [5, 5.41) is 0. The molecule has 0 N–H and O–H groups in total. The van der Waals surface area contributed by atoms with Crippen LogP contribution in [0.25, 0.3) is 11.3 Å². The lowest BCUT2D eigenvalue weighted by atomic mass is 10.0. The van der Waals surface area contributed by atoms with Gasteiger partial charge in [0, 0.05) is 30.1 Å². The molecule has 0 aromatic carbocycles. The van der Waals surface area contributed by atoms with Gasteiger partial charge in [-0.25, -0.2) is 0 Å². The fourth-order valence-corrected chi connectivity index (χ4v) is 4.04. The number of furan rings is 1. The van der Waals surface area contributed by atoms with Gasteiger partial charge < -0.3 is 8.98 Å². The van der Waals surface area contributed by atoms with Crippen LogP contribution in [0.3, 0.4) is 0 Å². The molecule has 1 aliphatic carbocycles. The van der Waals surface area contributed by atoms with Crippen molar-refractivity contribution in [3.05, 3.63) is 57.4 Å². The number of hydrogen-bond donors (Lipinski definition) is 0. The SMILES string of the molecule is Cc1cc2c(o1)CCc1sc(=NC(=O)c3ccccn3)n(C)c1-2. The van der Waals surface area contributed by atoms with E-state index in [2.05, 4.69) is 16.0 Å². The van der Waals surface area contributed by atoms with E-state index in [0.717, 1.165) is 35.6 Å². The van der Waals surface area contributed by atoms with Crippen LogP contribution in [0.5, 0.6) is 0 Å². The van der Waals surface area contributed by atoms with Crippen molar-refractivity contribution in [1.29, 1.82) is 0 Å². The number of carbonyl (C=O) groups excluding carboxylic acids is 1. The number of aromatic nitrogens is 2. The summed E-state index contributed by atoms with van der Waals surface area (Å²) in [5.74, 6) is 1.62. The lowest BCUT2D eigenvalue weighted by molar-refractivity contribution is 0.0993. The minimum atomic E-state index is -0.316. The standard InChI is InChI=1S/C17H15N3O2S/c1-10-9-11-13(22-10)6-7-14-15(11)20(2)17(23-14)19-16(21)12-5-3-4-8-18-12/h3-5,8-9H,6-7H2,1-2H3. The molecule has 0 aliphatic heterocycles. The second-order valence-electron chi connectivity index (χ2n) is 5.54. The molecule has 6 heteroatoms. The third kappa shape index (κ3) is 2.35. The molecule has 4 rings (SSSR count). The summed E-state index contributed by atoms with van der Waals surface area (Å²) in [6, 6.07) is 7.31.